The molecule has 208 valence electrons. The Morgan fingerprint density at radius 3 is 2.02 bits per heavy atom. The molecule has 0 bridgehead atoms. The van der Waals surface area contributed by atoms with Crippen molar-refractivity contribution in [1.82, 2.24) is 0 Å². The average molecular weight is 554 g/mol. The highest BCUT2D eigenvalue weighted by atomic mass is 16.5. The number of benzene rings is 5. The number of para-hydroxylation sites is 1. The molecule has 1 unspecified atom stereocenters. The van der Waals surface area contributed by atoms with Gasteiger partial charge in [0.2, 0.25) is 0 Å². The van der Waals surface area contributed by atoms with Crippen LogP contribution in [0.4, 0.5) is 5.69 Å². The highest BCUT2D eigenvalue weighted by Crippen LogP contribution is 2.23. The minimum Gasteiger partial charge on any atom is -0.490 e. The maximum atomic E-state index is 13.1. The van der Waals surface area contributed by atoms with E-state index < -0.39 is 12.0 Å². The van der Waals surface area contributed by atoms with E-state index in [1.807, 2.05) is 60.7 Å². The first-order valence-corrected chi connectivity index (χ1v) is 13.8. The fourth-order valence-corrected chi connectivity index (χ4v) is 4.64. The topological polar surface area (TPSA) is 75.6 Å². The Kier molecular flexibility index (Phi) is 9.22. The lowest BCUT2D eigenvalue weighted by Crippen LogP contribution is -2.32. The number of anilines is 1. The Hall–Kier alpha value is -5.42. The molecule has 5 nitrogen and oxygen atoms in total. The molecule has 5 heteroatoms. The predicted octanol–water partition coefficient (Wildman–Crippen LogP) is 7.78. The van der Waals surface area contributed by atoms with Crippen molar-refractivity contribution in [3.05, 3.63) is 162 Å². The van der Waals surface area contributed by atoms with Crippen molar-refractivity contribution in [1.29, 1.82) is 0 Å². The zero-order valence-electron chi connectivity index (χ0n) is 23.0. The fraction of sp³-hybridized carbons (Fsp3) is 0.0811. The maximum Gasteiger partial charge on any atom is 0.326 e. The Balaban J connectivity index is 1.16. The van der Waals surface area contributed by atoms with Gasteiger partial charge < -0.3 is 15.2 Å². The van der Waals surface area contributed by atoms with Crippen LogP contribution in [0.3, 0.4) is 0 Å². The van der Waals surface area contributed by atoms with Gasteiger partial charge in [0.25, 0.3) is 0 Å². The lowest BCUT2D eigenvalue weighted by atomic mass is 10.00. The SMILES string of the molecule is O=C(c1ccccc1)c1ccccc1NC(Cc1ccc(OCC=Cc2ccc(-c3ccccc3)cc2)cc1)C(=O)O. The summed E-state index contributed by atoms with van der Waals surface area (Å²) < 4.78 is 5.85. The van der Waals surface area contributed by atoms with Gasteiger partial charge in [0.05, 0.1) is 0 Å². The minimum absolute atomic E-state index is 0.164. The summed E-state index contributed by atoms with van der Waals surface area (Å²) in [7, 11) is 0. The van der Waals surface area contributed by atoms with Gasteiger partial charge in [-0.2, -0.15) is 0 Å². The Labute approximate surface area is 245 Å². The van der Waals surface area contributed by atoms with Crippen LogP contribution in [-0.2, 0) is 11.2 Å². The first kappa shape index (κ1) is 28.1. The van der Waals surface area contributed by atoms with Crippen molar-refractivity contribution in [2.45, 2.75) is 12.5 Å². The number of aliphatic carboxylic acids is 1. The maximum absolute atomic E-state index is 13.1. The molecule has 2 N–H and O–H groups in total. The Bertz CT molecular complexity index is 1640. The van der Waals surface area contributed by atoms with Crippen LogP contribution in [-0.4, -0.2) is 29.5 Å². The third kappa shape index (κ3) is 7.40. The molecule has 0 saturated carbocycles. The van der Waals surface area contributed by atoms with Crippen LogP contribution in [0.15, 0.2) is 140 Å². The molecule has 5 aromatic carbocycles. The van der Waals surface area contributed by atoms with Crippen LogP contribution in [0.25, 0.3) is 17.2 Å². The first-order valence-electron chi connectivity index (χ1n) is 13.8. The highest BCUT2D eigenvalue weighted by Gasteiger charge is 2.21. The van der Waals surface area contributed by atoms with Crippen molar-refractivity contribution in [2.24, 2.45) is 0 Å². The normalized spacial score (nSPS) is 11.6. The first-order chi connectivity index (χ1) is 20.6. The number of rotatable bonds is 12. The molecule has 0 spiro atoms. The van der Waals surface area contributed by atoms with E-state index >= 15 is 0 Å². The second-order valence-electron chi connectivity index (χ2n) is 9.83. The van der Waals surface area contributed by atoms with Crippen molar-refractivity contribution >= 4 is 23.5 Å². The number of ether oxygens (including phenoxy) is 1. The fourth-order valence-electron chi connectivity index (χ4n) is 4.64. The van der Waals surface area contributed by atoms with Gasteiger partial charge in [-0.15, -0.1) is 0 Å². The molecule has 0 aliphatic carbocycles. The lowest BCUT2D eigenvalue weighted by molar-refractivity contribution is -0.137. The van der Waals surface area contributed by atoms with Gasteiger partial charge in [-0.1, -0.05) is 115 Å². The van der Waals surface area contributed by atoms with Crippen LogP contribution < -0.4 is 10.1 Å². The molecule has 0 radical (unpaired) electrons. The van der Waals surface area contributed by atoms with Crippen LogP contribution in [0.2, 0.25) is 0 Å². The molecule has 0 fully saturated rings. The molecule has 0 saturated heterocycles. The number of hydrogen-bond acceptors (Lipinski definition) is 4. The number of hydrogen-bond donors (Lipinski definition) is 2. The summed E-state index contributed by atoms with van der Waals surface area (Å²) in [5, 5.41) is 13.0. The number of nitrogens with one attached hydrogen (secondary N) is 1. The largest absolute Gasteiger partial charge is 0.490 e. The number of carboxylic acids is 1. The zero-order valence-corrected chi connectivity index (χ0v) is 23.0. The summed E-state index contributed by atoms with van der Waals surface area (Å²) in [4.78, 5) is 25.2. The summed E-state index contributed by atoms with van der Waals surface area (Å²) in [5.41, 5.74) is 5.75. The summed E-state index contributed by atoms with van der Waals surface area (Å²) in [6.45, 7) is 0.408. The minimum atomic E-state index is -1.00. The number of carboxylic acid groups (broad SMARTS) is 1. The van der Waals surface area contributed by atoms with Crippen LogP contribution in [0.1, 0.15) is 27.0 Å². The quantitative estimate of drug-likeness (QED) is 0.154. The van der Waals surface area contributed by atoms with E-state index in [0.717, 1.165) is 11.1 Å². The van der Waals surface area contributed by atoms with E-state index in [-0.39, 0.29) is 12.2 Å². The number of carbonyl (C=O) groups excluding carboxylic acids is 1. The van der Waals surface area contributed by atoms with Gasteiger partial charge in [0.1, 0.15) is 18.4 Å². The van der Waals surface area contributed by atoms with E-state index in [9.17, 15) is 14.7 Å². The molecule has 0 aromatic heterocycles. The van der Waals surface area contributed by atoms with Crippen molar-refractivity contribution in [3.63, 3.8) is 0 Å². The Morgan fingerprint density at radius 1 is 0.714 bits per heavy atom. The zero-order chi connectivity index (χ0) is 29.1. The molecule has 0 heterocycles. The molecule has 0 aliphatic heterocycles. The van der Waals surface area contributed by atoms with Gasteiger partial charge in [-0.25, -0.2) is 4.79 Å². The van der Waals surface area contributed by atoms with Crippen molar-refractivity contribution in [3.8, 4) is 16.9 Å². The molecule has 0 amide bonds. The summed E-state index contributed by atoms with van der Waals surface area (Å²) in [5.74, 6) is -0.469. The van der Waals surface area contributed by atoms with E-state index in [2.05, 4.69) is 41.7 Å². The third-order valence-electron chi connectivity index (χ3n) is 6.87. The molecule has 1 atom stereocenters. The summed E-state index contributed by atoms with van der Waals surface area (Å²) in [6, 6.07) is 41.0. The van der Waals surface area contributed by atoms with Gasteiger partial charge in [0.15, 0.2) is 5.78 Å². The van der Waals surface area contributed by atoms with Gasteiger partial charge in [-0.3, -0.25) is 4.79 Å². The third-order valence-corrected chi connectivity index (χ3v) is 6.87. The van der Waals surface area contributed by atoms with Gasteiger partial charge in [0, 0.05) is 23.2 Å². The smallest absolute Gasteiger partial charge is 0.326 e. The van der Waals surface area contributed by atoms with E-state index in [0.29, 0.717) is 29.2 Å². The lowest BCUT2D eigenvalue weighted by Gasteiger charge is -2.18. The van der Waals surface area contributed by atoms with Crippen molar-refractivity contribution in [2.75, 3.05) is 11.9 Å². The summed E-state index contributed by atoms with van der Waals surface area (Å²) in [6.07, 6.45) is 4.22. The Morgan fingerprint density at radius 2 is 1.33 bits per heavy atom. The standard InChI is InChI=1S/C37H31NO4/c39-36(31-13-5-2-6-14-31)33-15-7-8-16-34(33)38-35(37(40)41)26-28-19-23-32(24-20-28)42-25-9-10-27-17-21-30(22-18-27)29-11-3-1-4-12-29/h1-24,35,38H,25-26H2,(H,40,41). The van der Waals surface area contributed by atoms with Crippen LogP contribution >= 0.6 is 0 Å². The molecule has 42 heavy (non-hydrogen) atoms. The van der Waals surface area contributed by atoms with Crippen molar-refractivity contribution < 1.29 is 19.4 Å². The van der Waals surface area contributed by atoms with Gasteiger partial charge >= 0.3 is 5.97 Å². The average Bonchev–Trinajstić information content (AvgIpc) is 3.04. The predicted molar refractivity (Wildman–Crippen MR) is 168 cm³/mol. The van der Waals surface area contributed by atoms with Crippen LogP contribution in [0.5, 0.6) is 5.75 Å². The molecular weight excluding hydrogens is 522 g/mol. The molecule has 5 rings (SSSR count). The van der Waals surface area contributed by atoms with E-state index in [1.165, 1.54) is 11.1 Å². The molecule has 5 aromatic rings. The molecule has 0 aliphatic rings. The monoisotopic (exact) mass is 553 g/mol. The van der Waals surface area contributed by atoms with Gasteiger partial charge in [-0.05, 0) is 52.6 Å². The van der Waals surface area contributed by atoms with E-state index in [4.69, 9.17) is 4.74 Å². The van der Waals surface area contributed by atoms with Crippen LogP contribution in [0, 0.1) is 0 Å². The van der Waals surface area contributed by atoms with E-state index in [1.54, 1.807) is 48.5 Å². The summed E-state index contributed by atoms with van der Waals surface area (Å²) >= 11 is 0. The second kappa shape index (κ2) is 13.8. The number of ketones is 1. The highest BCUT2D eigenvalue weighted by molar-refractivity contribution is 6.12. The second-order valence-corrected chi connectivity index (χ2v) is 9.83. The molecular formula is C37H31NO4. The number of carbonyl (C=O) groups is 2.